The van der Waals surface area contributed by atoms with Crippen LogP contribution in [0.3, 0.4) is 0 Å². The van der Waals surface area contributed by atoms with Crippen LogP contribution in [-0.2, 0) is 0 Å². The normalized spacial score (nSPS) is 56.2. The Balaban J connectivity index is 1.49. The van der Waals surface area contributed by atoms with E-state index in [4.69, 9.17) is 5.11 Å². The summed E-state index contributed by atoms with van der Waals surface area (Å²) in [5.41, 5.74) is 0. The van der Waals surface area contributed by atoms with E-state index < -0.39 is 0 Å². The molecule has 3 saturated carbocycles. The molecule has 0 aliphatic heterocycles. The maximum Gasteiger partial charge on any atom is 0.0570 e. The maximum atomic E-state index is 9.13. The molecule has 3 unspecified atom stereocenters. The Morgan fingerprint density at radius 2 is 1.92 bits per heavy atom. The van der Waals surface area contributed by atoms with E-state index in [2.05, 4.69) is 5.32 Å². The number of hydrogen-bond acceptors (Lipinski definition) is 2. The quantitative estimate of drug-likeness (QED) is 0.640. The monoisotopic (exact) mass is 167 g/mol. The lowest BCUT2D eigenvalue weighted by Gasteiger charge is -2.35. The zero-order valence-corrected chi connectivity index (χ0v) is 7.37. The van der Waals surface area contributed by atoms with Gasteiger partial charge in [0, 0.05) is 12.1 Å². The fourth-order valence-electron chi connectivity index (χ4n) is 2.94. The van der Waals surface area contributed by atoms with Gasteiger partial charge in [-0.1, -0.05) is 0 Å². The van der Waals surface area contributed by atoms with Crippen molar-refractivity contribution in [3.05, 3.63) is 0 Å². The van der Waals surface area contributed by atoms with Crippen molar-refractivity contribution < 1.29 is 5.11 Å². The van der Waals surface area contributed by atoms with Gasteiger partial charge in [0.1, 0.15) is 0 Å². The Morgan fingerprint density at radius 1 is 1.08 bits per heavy atom. The third kappa shape index (κ3) is 1.09. The molecule has 3 rings (SSSR count). The minimum atomic E-state index is -0.00102. The number of hydrogen-bond donors (Lipinski definition) is 2. The van der Waals surface area contributed by atoms with Crippen molar-refractivity contribution in [2.45, 2.75) is 50.3 Å². The third-order valence-electron chi connectivity index (χ3n) is 3.91. The summed E-state index contributed by atoms with van der Waals surface area (Å²) in [5.74, 6) is 2.09. The first-order chi connectivity index (χ1) is 5.83. The summed E-state index contributed by atoms with van der Waals surface area (Å²) in [5, 5.41) is 12.8. The molecule has 0 aromatic carbocycles. The van der Waals surface area contributed by atoms with E-state index in [9.17, 15) is 0 Å². The maximum absolute atomic E-state index is 9.13. The number of aliphatic hydroxyl groups is 1. The highest BCUT2D eigenvalue weighted by Gasteiger charge is 2.48. The Bertz CT molecular complexity index is 188. The van der Waals surface area contributed by atoms with Crippen molar-refractivity contribution in [2.24, 2.45) is 11.8 Å². The lowest BCUT2D eigenvalue weighted by Crippen LogP contribution is -2.48. The molecule has 3 atom stereocenters. The third-order valence-corrected chi connectivity index (χ3v) is 3.91. The van der Waals surface area contributed by atoms with E-state index in [1.165, 1.54) is 19.3 Å². The van der Waals surface area contributed by atoms with Crippen LogP contribution in [0.5, 0.6) is 0 Å². The number of fused-ring (bicyclic) bond motifs is 1. The molecule has 2 nitrogen and oxygen atoms in total. The Morgan fingerprint density at radius 3 is 2.42 bits per heavy atom. The summed E-state index contributed by atoms with van der Waals surface area (Å²) in [6.45, 7) is 0. The highest BCUT2D eigenvalue weighted by molar-refractivity contribution is 5.03. The van der Waals surface area contributed by atoms with E-state index in [-0.39, 0.29) is 6.10 Å². The van der Waals surface area contributed by atoms with Gasteiger partial charge in [-0.25, -0.2) is 0 Å². The SMILES string of the molecule is OC1CC(NC2CCC3CC32)C1. The second-order valence-corrected chi connectivity index (χ2v) is 4.83. The summed E-state index contributed by atoms with van der Waals surface area (Å²) in [4.78, 5) is 0. The van der Waals surface area contributed by atoms with Crippen LogP contribution in [0.25, 0.3) is 0 Å². The number of nitrogens with one attached hydrogen (secondary N) is 1. The van der Waals surface area contributed by atoms with Gasteiger partial charge >= 0.3 is 0 Å². The minimum Gasteiger partial charge on any atom is -0.393 e. The first kappa shape index (κ1) is 7.34. The fourth-order valence-corrected chi connectivity index (χ4v) is 2.94. The molecule has 3 fully saturated rings. The van der Waals surface area contributed by atoms with Crippen molar-refractivity contribution in [1.82, 2.24) is 5.32 Å². The van der Waals surface area contributed by atoms with Crippen LogP contribution in [0, 0.1) is 11.8 Å². The molecule has 2 heteroatoms. The van der Waals surface area contributed by atoms with E-state index in [0.717, 1.165) is 30.7 Å². The summed E-state index contributed by atoms with van der Waals surface area (Å²) < 4.78 is 0. The van der Waals surface area contributed by atoms with Crippen LogP contribution < -0.4 is 5.32 Å². The van der Waals surface area contributed by atoms with E-state index in [0.29, 0.717) is 6.04 Å². The molecule has 0 aromatic rings. The number of aliphatic hydroxyl groups excluding tert-OH is 1. The molecular weight excluding hydrogens is 150 g/mol. The predicted molar refractivity (Wildman–Crippen MR) is 46.8 cm³/mol. The summed E-state index contributed by atoms with van der Waals surface area (Å²) in [6.07, 6.45) is 6.31. The van der Waals surface area contributed by atoms with Crippen LogP contribution >= 0.6 is 0 Å². The molecule has 0 heterocycles. The molecule has 2 N–H and O–H groups in total. The van der Waals surface area contributed by atoms with Crippen LogP contribution in [0.1, 0.15) is 32.1 Å². The molecule has 3 aliphatic rings. The van der Waals surface area contributed by atoms with Gasteiger partial charge in [-0.15, -0.1) is 0 Å². The average Bonchev–Trinajstić information content (AvgIpc) is 2.67. The van der Waals surface area contributed by atoms with Crippen molar-refractivity contribution in [3.63, 3.8) is 0 Å². The highest BCUT2D eigenvalue weighted by atomic mass is 16.3. The summed E-state index contributed by atoms with van der Waals surface area (Å²) in [7, 11) is 0. The van der Waals surface area contributed by atoms with Crippen molar-refractivity contribution in [2.75, 3.05) is 0 Å². The molecule has 0 spiro atoms. The van der Waals surface area contributed by atoms with Crippen LogP contribution in [-0.4, -0.2) is 23.3 Å². The number of rotatable bonds is 2. The second kappa shape index (κ2) is 2.46. The molecular formula is C10H17NO. The highest BCUT2D eigenvalue weighted by Crippen LogP contribution is 2.52. The smallest absolute Gasteiger partial charge is 0.0570 e. The van der Waals surface area contributed by atoms with E-state index in [1.54, 1.807) is 0 Å². The van der Waals surface area contributed by atoms with Gasteiger partial charge in [0.05, 0.1) is 6.10 Å². The molecule has 68 valence electrons. The molecule has 0 saturated heterocycles. The molecule has 0 aromatic heterocycles. The lowest BCUT2D eigenvalue weighted by atomic mass is 9.88. The van der Waals surface area contributed by atoms with E-state index in [1.807, 2.05) is 0 Å². The fraction of sp³-hybridized carbons (Fsp3) is 1.00. The first-order valence-electron chi connectivity index (χ1n) is 5.27. The Hall–Kier alpha value is -0.0800. The topological polar surface area (TPSA) is 32.3 Å². The van der Waals surface area contributed by atoms with Gasteiger partial charge in [-0.05, 0) is 43.9 Å². The zero-order valence-electron chi connectivity index (χ0n) is 7.37. The Kier molecular flexibility index (Phi) is 1.50. The largest absolute Gasteiger partial charge is 0.393 e. The molecule has 3 aliphatic carbocycles. The molecule has 0 amide bonds. The molecule has 0 radical (unpaired) electrons. The van der Waals surface area contributed by atoms with Gasteiger partial charge in [0.15, 0.2) is 0 Å². The Labute approximate surface area is 73.4 Å². The van der Waals surface area contributed by atoms with Gasteiger partial charge in [0.2, 0.25) is 0 Å². The standard InChI is InChI=1S/C10H17NO/c12-8-4-7(5-8)11-10-2-1-6-3-9(6)10/h6-12H,1-5H2. The van der Waals surface area contributed by atoms with Gasteiger partial charge in [-0.2, -0.15) is 0 Å². The predicted octanol–water partition coefficient (Wildman–Crippen LogP) is 0.898. The van der Waals surface area contributed by atoms with Crippen molar-refractivity contribution >= 4 is 0 Å². The minimum absolute atomic E-state index is 0.00102. The average molecular weight is 167 g/mol. The first-order valence-corrected chi connectivity index (χ1v) is 5.27. The molecule has 0 bridgehead atoms. The van der Waals surface area contributed by atoms with Crippen molar-refractivity contribution in [1.29, 1.82) is 0 Å². The van der Waals surface area contributed by atoms with Crippen LogP contribution in [0.2, 0.25) is 0 Å². The van der Waals surface area contributed by atoms with Gasteiger partial charge in [-0.3, -0.25) is 0 Å². The van der Waals surface area contributed by atoms with Gasteiger partial charge in [0.25, 0.3) is 0 Å². The van der Waals surface area contributed by atoms with E-state index >= 15 is 0 Å². The summed E-state index contributed by atoms with van der Waals surface area (Å²) >= 11 is 0. The lowest BCUT2D eigenvalue weighted by molar-refractivity contribution is 0.0568. The van der Waals surface area contributed by atoms with Crippen LogP contribution in [0.15, 0.2) is 0 Å². The van der Waals surface area contributed by atoms with Crippen LogP contribution in [0.4, 0.5) is 0 Å². The second-order valence-electron chi connectivity index (χ2n) is 4.83. The van der Waals surface area contributed by atoms with Gasteiger partial charge < -0.3 is 10.4 Å². The van der Waals surface area contributed by atoms with Crippen molar-refractivity contribution in [3.8, 4) is 0 Å². The molecule has 12 heavy (non-hydrogen) atoms. The zero-order chi connectivity index (χ0) is 8.13. The summed E-state index contributed by atoms with van der Waals surface area (Å²) in [6, 6.07) is 1.46.